The number of nitrogens with zero attached hydrogens (tertiary/aromatic N) is 3. The summed E-state index contributed by atoms with van der Waals surface area (Å²) in [7, 11) is 0. The van der Waals surface area contributed by atoms with Gasteiger partial charge in [0.05, 0.1) is 23.5 Å². The van der Waals surface area contributed by atoms with Crippen LogP contribution in [0, 0.1) is 6.92 Å². The highest BCUT2D eigenvalue weighted by atomic mass is 16.4. The predicted octanol–water partition coefficient (Wildman–Crippen LogP) is 2.55. The molecule has 0 aliphatic carbocycles. The first-order valence-electron chi connectivity index (χ1n) is 6.84. The first kappa shape index (κ1) is 14.2. The smallest absolute Gasteiger partial charge is 0.309 e. The molecule has 5 nitrogen and oxygen atoms in total. The highest BCUT2D eigenvalue weighted by Crippen LogP contribution is 2.14. The van der Waals surface area contributed by atoms with Crippen LogP contribution in [0.1, 0.15) is 36.7 Å². The molecular weight excluding hydrogens is 254 g/mol. The normalized spacial score (nSPS) is 10.7. The van der Waals surface area contributed by atoms with E-state index in [1.54, 1.807) is 4.68 Å². The Morgan fingerprint density at radius 2 is 2.00 bits per heavy atom. The maximum atomic E-state index is 10.7. The van der Waals surface area contributed by atoms with Gasteiger partial charge in [0, 0.05) is 0 Å². The van der Waals surface area contributed by atoms with Crippen molar-refractivity contribution in [2.24, 2.45) is 0 Å². The molecule has 106 valence electrons. The van der Waals surface area contributed by atoms with Gasteiger partial charge in [-0.1, -0.05) is 30.7 Å². The number of aromatic nitrogens is 3. The topological polar surface area (TPSA) is 68.0 Å². The Bertz CT molecular complexity index is 588. The summed E-state index contributed by atoms with van der Waals surface area (Å²) in [5, 5.41) is 16.8. The van der Waals surface area contributed by atoms with Gasteiger partial charge in [0.25, 0.3) is 0 Å². The van der Waals surface area contributed by atoms with Crippen molar-refractivity contribution < 1.29 is 9.90 Å². The summed E-state index contributed by atoms with van der Waals surface area (Å²) >= 11 is 0. The Morgan fingerprint density at radius 1 is 1.30 bits per heavy atom. The lowest BCUT2D eigenvalue weighted by Gasteiger charge is -2.05. The quantitative estimate of drug-likeness (QED) is 0.878. The lowest BCUT2D eigenvalue weighted by atomic mass is 10.1. The van der Waals surface area contributed by atoms with Gasteiger partial charge in [0.2, 0.25) is 0 Å². The van der Waals surface area contributed by atoms with Gasteiger partial charge < -0.3 is 5.11 Å². The van der Waals surface area contributed by atoms with Crippen LogP contribution in [0.15, 0.2) is 24.3 Å². The predicted molar refractivity (Wildman–Crippen MR) is 76.0 cm³/mol. The van der Waals surface area contributed by atoms with E-state index in [0.29, 0.717) is 5.69 Å². The second-order valence-electron chi connectivity index (χ2n) is 4.87. The molecule has 0 radical (unpaired) electrons. The minimum absolute atomic E-state index is 0.0968. The number of hydrogen-bond acceptors (Lipinski definition) is 3. The lowest BCUT2D eigenvalue weighted by Crippen LogP contribution is -2.03. The van der Waals surface area contributed by atoms with Gasteiger partial charge in [0.15, 0.2) is 0 Å². The average molecular weight is 273 g/mol. The Kier molecular flexibility index (Phi) is 4.50. The van der Waals surface area contributed by atoms with Crippen LogP contribution in [0.4, 0.5) is 0 Å². The van der Waals surface area contributed by atoms with E-state index in [1.807, 2.05) is 19.1 Å². The third-order valence-electron chi connectivity index (χ3n) is 3.31. The van der Waals surface area contributed by atoms with Gasteiger partial charge in [-0.15, -0.1) is 5.10 Å². The minimum Gasteiger partial charge on any atom is -0.481 e. The first-order chi connectivity index (χ1) is 9.61. The van der Waals surface area contributed by atoms with Crippen LogP contribution in [0.5, 0.6) is 0 Å². The Hall–Kier alpha value is -2.17. The van der Waals surface area contributed by atoms with E-state index < -0.39 is 5.97 Å². The van der Waals surface area contributed by atoms with Crippen molar-refractivity contribution >= 4 is 5.97 Å². The summed E-state index contributed by atoms with van der Waals surface area (Å²) in [6.07, 6.45) is 3.35. The number of unbranched alkanes of at least 4 members (excludes halogenated alkanes) is 1. The summed E-state index contributed by atoms with van der Waals surface area (Å²) in [5.74, 6) is -0.893. The Morgan fingerprint density at radius 3 is 2.60 bits per heavy atom. The largest absolute Gasteiger partial charge is 0.481 e. The molecule has 1 N–H and O–H groups in total. The van der Waals surface area contributed by atoms with Crippen molar-refractivity contribution in [2.75, 3.05) is 0 Å². The fraction of sp³-hybridized carbons (Fsp3) is 0.400. The molecule has 0 fully saturated rings. The number of aliphatic carboxylic acids is 1. The third kappa shape index (κ3) is 3.23. The Labute approximate surface area is 118 Å². The molecule has 0 saturated carbocycles. The molecule has 1 aromatic heterocycles. The first-order valence-corrected chi connectivity index (χ1v) is 6.84. The summed E-state index contributed by atoms with van der Waals surface area (Å²) < 4.78 is 1.68. The van der Waals surface area contributed by atoms with E-state index in [4.69, 9.17) is 5.11 Å². The Balaban J connectivity index is 2.19. The maximum Gasteiger partial charge on any atom is 0.309 e. The van der Waals surface area contributed by atoms with Crippen LogP contribution in [-0.2, 0) is 17.6 Å². The highest BCUT2D eigenvalue weighted by molar-refractivity contribution is 5.69. The zero-order valence-corrected chi connectivity index (χ0v) is 11.8. The SMILES string of the molecule is CCCCc1ccc(-n2nnc(CC(=O)O)c2C)cc1. The second-order valence-corrected chi connectivity index (χ2v) is 4.87. The number of benzene rings is 1. The lowest BCUT2D eigenvalue weighted by molar-refractivity contribution is -0.136. The van der Waals surface area contributed by atoms with Crippen LogP contribution in [-0.4, -0.2) is 26.1 Å². The molecule has 1 aromatic carbocycles. The molecule has 0 saturated heterocycles. The van der Waals surface area contributed by atoms with Crippen LogP contribution in [0.3, 0.4) is 0 Å². The highest BCUT2D eigenvalue weighted by Gasteiger charge is 2.12. The van der Waals surface area contributed by atoms with Crippen LogP contribution < -0.4 is 0 Å². The van der Waals surface area contributed by atoms with E-state index in [2.05, 4.69) is 29.4 Å². The van der Waals surface area contributed by atoms with E-state index in [1.165, 1.54) is 18.4 Å². The number of carboxylic acids is 1. The number of rotatable bonds is 6. The van der Waals surface area contributed by atoms with Gasteiger partial charge in [-0.05, 0) is 37.5 Å². The van der Waals surface area contributed by atoms with Crippen molar-refractivity contribution in [3.05, 3.63) is 41.2 Å². The molecule has 1 heterocycles. The van der Waals surface area contributed by atoms with E-state index in [0.717, 1.165) is 17.8 Å². The fourth-order valence-corrected chi connectivity index (χ4v) is 2.10. The summed E-state index contributed by atoms with van der Waals surface area (Å²) in [6.45, 7) is 4.01. The van der Waals surface area contributed by atoms with Crippen molar-refractivity contribution in [3.8, 4) is 5.69 Å². The average Bonchev–Trinajstić information content (AvgIpc) is 2.78. The molecule has 0 aliphatic heterocycles. The molecule has 5 heteroatoms. The molecule has 0 unspecified atom stereocenters. The zero-order valence-electron chi connectivity index (χ0n) is 11.8. The van der Waals surface area contributed by atoms with Crippen molar-refractivity contribution in [1.82, 2.24) is 15.0 Å². The van der Waals surface area contributed by atoms with E-state index >= 15 is 0 Å². The monoisotopic (exact) mass is 273 g/mol. The number of hydrogen-bond donors (Lipinski definition) is 1. The molecule has 2 aromatic rings. The van der Waals surface area contributed by atoms with Crippen LogP contribution >= 0.6 is 0 Å². The summed E-state index contributed by atoms with van der Waals surface area (Å²) in [5.41, 5.74) is 3.49. The fourth-order valence-electron chi connectivity index (χ4n) is 2.10. The molecule has 0 bridgehead atoms. The maximum absolute atomic E-state index is 10.7. The zero-order chi connectivity index (χ0) is 14.5. The molecule has 0 amide bonds. The minimum atomic E-state index is -0.893. The standard InChI is InChI=1S/C15H19N3O2/c1-3-4-5-12-6-8-13(9-7-12)18-11(2)14(16-17-18)10-15(19)20/h6-9H,3-5,10H2,1-2H3,(H,19,20). The molecule has 0 aliphatic rings. The number of carboxylic acid groups (broad SMARTS) is 1. The third-order valence-corrected chi connectivity index (χ3v) is 3.31. The van der Waals surface area contributed by atoms with Crippen molar-refractivity contribution in [3.63, 3.8) is 0 Å². The van der Waals surface area contributed by atoms with Crippen LogP contribution in [0.25, 0.3) is 5.69 Å². The molecule has 2 rings (SSSR count). The van der Waals surface area contributed by atoms with Gasteiger partial charge in [-0.25, -0.2) is 4.68 Å². The molecule has 0 spiro atoms. The van der Waals surface area contributed by atoms with Gasteiger partial charge in [0.1, 0.15) is 0 Å². The van der Waals surface area contributed by atoms with Gasteiger partial charge >= 0.3 is 5.97 Å². The van der Waals surface area contributed by atoms with Crippen molar-refractivity contribution in [1.29, 1.82) is 0 Å². The number of carbonyl (C=O) groups is 1. The molecule has 20 heavy (non-hydrogen) atoms. The second kappa shape index (κ2) is 6.32. The summed E-state index contributed by atoms with van der Waals surface area (Å²) in [6, 6.07) is 8.17. The van der Waals surface area contributed by atoms with E-state index in [9.17, 15) is 4.79 Å². The van der Waals surface area contributed by atoms with Gasteiger partial charge in [-0.2, -0.15) is 0 Å². The van der Waals surface area contributed by atoms with E-state index in [-0.39, 0.29) is 6.42 Å². The van der Waals surface area contributed by atoms with Crippen LogP contribution in [0.2, 0.25) is 0 Å². The van der Waals surface area contributed by atoms with Crippen molar-refractivity contribution in [2.45, 2.75) is 39.5 Å². The van der Waals surface area contributed by atoms with Gasteiger partial charge in [-0.3, -0.25) is 4.79 Å². The molecular formula is C15H19N3O2. The summed E-state index contributed by atoms with van der Waals surface area (Å²) in [4.78, 5) is 10.7. The molecule has 0 atom stereocenters. The number of aryl methyl sites for hydroxylation is 1.